The van der Waals surface area contributed by atoms with Crippen molar-refractivity contribution < 1.29 is 13.9 Å². The molecule has 0 saturated carbocycles. The van der Waals surface area contributed by atoms with Crippen molar-refractivity contribution in [2.75, 3.05) is 19.7 Å². The topological polar surface area (TPSA) is 67.4 Å². The third-order valence-electron chi connectivity index (χ3n) is 3.83. The minimum Gasteiger partial charge on any atom is -0.370 e. The van der Waals surface area contributed by atoms with Gasteiger partial charge >= 0.3 is 6.03 Å². The van der Waals surface area contributed by atoms with Gasteiger partial charge in [-0.15, -0.1) is 0 Å². The largest absolute Gasteiger partial charge is 0.370 e. The predicted octanol–water partition coefficient (Wildman–Crippen LogP) is 2.21. The van der Waals surface area contributed by atoms with Gasteiger partial charge in [-0.25, -0.2) is 19.2 Å². The van der Waals surface area contributed by atoms with Gasteiger partial charge in [0, 0.05) is 12.7 Å². The lowest BCUT2D eigenvalue weighted by molar-refractivity contribution is -0.0156. The molecule has 1 N–H and O–H groups in total. The Balaban J connectivity index is 1.59. The molecule has 6 nitrogen and oxygen atoms in total. The molecule has 0 radical (unpaired) electrons. The van der Waals surface area contributed by atoms with Crippen LogP contribution in [-0.2, 0) is 11.3 Å². The number of carbonyl (C=O) groups excluding carboxylic acids is 1. The lowest BCUT2D eigenvalue weighted by Gasteiger charge is -2.33. The molecule has 1 aliphatic heterocycles. The molecule has 1 aromatic carbocycles. The number of hydrogen-bond acceptors (Lipinski definition) is 4. The van der Waals surface area contributed by atoms with Crippen molar-refractivity contribution in [3.05, 3.63) is 59.4 Å². The fraction of sp³-hybridized carbons (Fsp3) is 0.353. The maximum absolute atomic E-state index is 13.4. The molecule has 24 heavy (non-hydrogen) atoms. The second-order valence-corrected chi connectivity index (χ2v) is 5.61. The summed E-state index contributed by atoms with van der Waals surface area (Å²) in [6.45, 7) is 3.45. The van der Waals surface area contributed by atoms with Crippen molar-refractivity contribution in [3.8, 4) is 0 Å². The molecule has 7 heteroatoms. The van der Waals surface area contributed by atoms with E-state index in [1.54, 1.807) is 36.2 Å². The van der Waals surface area contributed by atoms with Crippen LogP contribution in [0.2, 0.25) is 0 Å². The highest BCUT2D eigenvalue weighted by atomic mass is 19.1. The Morgan fingerprint density at radius 3 is 3.12 bits per heavy atom. The van der Waals surface area contributed by atoms with Crippen LogP contribution in [0, 0.1) is 12.7 Å². The van der Waals surface area contributed by atoms with Crippen molar-refractivity contribution in [3.63, 3.8) is 0 Å². The molecule has 3 rings (SSSR count). The number of aromatic nitrogens is 2. The van der Waals surface area contributed by atoms with E-state index in [1.165, 1.54) is 12.1 Å². The summed E-state index contributed by atoms with van der Waals surface area (Å²) in [5.41, 5.74) is 1.49. The van der Waals surface area contributed by atoms with Gasteiger partial charge in [0.05, 0.1) is 25.4 Å². The number of urea groups is 1. The normalized spacial score (nSPS) is 17.6. The SMILES string of the molecule is Cc1nccc(CNC(=O)N2CCO[C@@H](c3cccc(F)c3)C2)n1. The van der Waals surface area contributed by atoms with Crippen LogP contribution in [0.4, 0.5) is 9.18 Å². The van der Waals surface area contributed by atoms with E-state index in [2.05, 4.69) is 15.3 Å². The molecule has 0 unspecified atom stereocenters. The van der Waals surface area contributed by atoms with Crippen LogP contribution < -0.4 is 5.32 Å². The first-order valence-electron chi connectivity index (χ1n) is 7.80. The summed E-state index contributed by atoms with van der Waals surface area (Å²) < 4.78 is 19.0. The van der Waals surface area contributed by atoms with Crippen molar-refractivity contribution >= 4 is 6.03 Å². The molecule has 2 heterocycles. The van der Waals surface area contributed by atoms with E-state index >= 15 is 0 Å². The minimum atomic E-state index is -0.318. The summed E-state index contributed by atoms with van der Waals surface area (Å²) in [5.74, 6) is 0.357. The highest BCUT2D eigenvalue weighted by molar-refractivity contribution is 5.74. The molecule has 1 saturated heterocycles. The summed E-state index contributed by atoms with van der Waals surface area (Å²) in [4.78, 5) is 22.3. The number of nitrogens with zero attached hydrogens (tertiary/aromatic N) is 3. The Hall–Kier alpha value is -2.54. The first-order valence-corrected chi connectivity index (χ1v) is 7.80. The Morgan fingerprint density at radius 1 is 1.46 bits per heavy atom. The Morgan fingerprint density at radius 2 is 2.33 bits per heavy atom. The quantitative estimate of drug-likeness (QED) is 0.937. The van der Waals surface area contributed by atoms with E-state index in [4.69, 9.17) is 4.74 Å². The number of nitrogens with one attached hydrogen (secondary N) is 1. The average Bonchev–Trinajstić information content (AvgIpc) is 2.60. The van der Waals surface area contributed by atoms with Crippen LogP contribution in [0.15, 0.2) is 36.5 Å². The average molecular weight is 330 g/mol. The zero-order valence-electron chi connectivity index (χ0n) is 13.4. The number of halogens is 1. The van der Waals surface area contributed by atoms with Gasteiger partial charge in [-0.05, 0) is 30.7 Å². The Bertz CT molecular complexity index is 725. The van der Waals surface area contributed by atoms with E-state index < -0.39 is 0 Å². The third kappa shape index (κ3) is 4.05. The van der Waals surface area contributed by atoms with Gasteiger partial charge in [0.2, 0.25) is 0 Å². The van der Waals surface area contributed by atoms with Crippen molar-refractivity contribution in [2.45, 2.75) is 19.6 Å². The number of aryl methyl sites for hydroxylation is 1. The van der Waals surface area contributed by atoms with Gasteiger partial charge in [0.25, 0.3) is 0 Å². The van der Waals surface area contributed by atoms with Crippen LogP contribution in [-0.4, -0.2) is 40.6 Å². The number of benzene rings is 1. The van der Waals surface area contributed by atoms with Crippen LogP contribution in [0.1, 0.15) is 23.2 Å². The molecule has 1 aromatic heterocycles. The van der Waals surface area contributed by atoms with Crippen LogP contribution >= 0.6 is 0 Å². The fourth-order valence-electron chi connectivity index (χ4n) is 2.62. The third-order valence-corrected chi connectivity index (χ3v) is 3.83. The van der Waals surface area contributed by atoms with E-state index in [-0.39, 0.29) is 18.0 Å². The smallest absolute Gasteiger partial charge is 0.317 e. The lowest BCUT2D eigenvalue weighted by Crippen LogP contribution is -2.47. The van der Waals surface area contributed by atoms with Crippen LogP contribution in [0.3, 0.4) is 0 Å². The lowest BCUT2D eigenvalue weighted by atomic mass is 10.1. The molecule has 1 fully saturated rings. The Labute approximate surface area is 139 Å². The van der Waals surface area contributed by atoms with Gasteiger partial charge in [-0.3, -0.25) is 0 Å². The van der Waals surface area contributed by atoms with Gasteiger partial charge in [0.15, 0.2) is 0 Å². The van der Waals surface area contributed by atoms with Crippen molar-refractivity contribution in [1.82, 2.24) is 20.2 Å². The summed E-state index contributed by atoms with van der Waals surface area (Å²) in [5, 5.41) is 2.85. The highest BCUT2D eigenvalue weighted by Crippen LogP contribution is 2.22. The summed E-state index contributed by atoms with van der Waals surface area (Å²) in [6, 6.07) is 7.86. The van der Waals surface area contributed by atoms with E-state index in [1.807, 2.05) is 0 Å². The predicted molar refractivity (Wildman–Crippen MR) is 85.7 cm³/mol. The zero-order chi connectivity index (χ0) is 16.9. The van der Waals surface area contributed by atoms with E-state index in [0.29, 0.717) is 32.1 Å². The molecule has 0 bridgehead atoms. The minimum absolute atomic E-state index is 0.184. The monoisotopic (exact) mass is 330 g/mol. The summed E-state index contributed by atoms with van der Waals surface area (Å²) in [7, 11) is 0. The molecular formula is C17H19FN4O2. The number of morpholine rings is 1. The Kier molecular flexibility index (Phi) is 5.00. The molecule has 126 valence electrons. The maximum atomic E-state index is 13.4. The standard InChI is InChI=1S/C17H19FN4O2/c1-12-19-6-5-15(21-12)10-20-17(23)22-7-8-24-16(11-22)13-3-2-4-14(18)9-13/h2-6,9,16H,7-8,10-11H2,1H3,(H,20,23)/t16-/m1/s1. The summed E-state index contributed by atoms with van der Waals surface area (Å²) >= 11 is 0. The zero-order valence-corrected chi connectivity index (χ0v) is 13.4. The van der Waals surface area contributed by atoms with Gasteiger partial charge in [0.1, 0.15) is 17.7 Å². The second-order valence-electron chi connectivity index (χ2n) is 5.61. The number of rotatable bonds is 3. The first kappa shape index (κ1) is 16.3. The molecule has 2 amide bonds. The fourth-order valence-corrected chi connectivity index (χ4v) is 2.62. The first-order chi connectivity index (χ1) is 11.6. The van der Waals surface area contributed by atoms with E-state index in [0.717, 1.165) is 11.3 Å². The van der Waals surface area contributed by atoms with Crippen molar-refractivity contribution in [1.29, 1.82) is 0 Å². The molecule has 0 aliphatic carbocycles. The molecule has 1 aliphatic rings. The number of hydrogen-bond donors (Lipinski definition) is 1. The summed E-state index contributed by atoms with van der Waals surface area (Å²) in [6.07, 6.45) is 1.35. The molecule has 2 aromatic rings. The molecule has 0 spiro atoms. The molecule has 1 atom stereocenters. The van der Waals surface area contributed by atoms with Gasteiger partial charge in [-0.1, -0.05) is 12.1 Å². The highest BCUT2D eigenvalue weighted by Gasteiger charge is 2.25. The van der Waals surface area contributed by atoms with Crippen molar-refractivity contribution in [2.24, 2.45) is 0 Å². The molecular weight excluding hydrogens is 311 g/mol. The maximum Gasteiger partial charge on any atom is 0.317 e. The van der Waals surface area contributed by atoms with Crippen LogP contribution in [0.5, 0.6) is 0 Å². The van der Waals surface area contributed by atoms with E-state index in [9.17, 15) is 9.18 Å². The van der Waals surface area contributed by atoms with Gasteiger partial charge < -0.3 is 15.0 Å². The number of carbonyl (C=O) groups is 1. The second kappa shape index (κ2) is 7.35. The number of ether oxygens (including phenoxy) is 1. The van der Waals surface area contributed by atoms with Gasteiger partial charge in [-0.2, -0.15) is 0 Å². The number of amides is 2. The van der Waals surface area contributed by atoms with Crippen LogP contribution in [0.25, 0.3) is 0 Å².